The molecule has 2 rings (SSSR count). The standard InChI is InChI=1S/C16H17F2NO3S/c1-2-13(20)11-19(12-7-4-3-5-8-12)23(21,22)16-14(17)9-6-10-15(16)18/h3-10,13,20H,2,11H2,1H3. The summed E-state index contributed by atoms with van der Waals surface area (Å²) in [6.45, 7) is 1.39. The number of sulfonamides is 1. The van der Waals surface area contributed by atoms with Gasteiger partial charge in [0.2, 0.25) is 0 Å². The molecule has 0 radical (unpaired) electrons. The summed E-state index contributed by atoms with van der Waals surface area (Å²) in [5.74, 6) is -2.34. The van der Waals surface area contributed by atoms with Gasteiger partial charge in [0.05, 0.1) is 18.3 Å². The lowest BCUT2D eigenvalue weighted by Crippen LogP contribution is -2.38. The molecule has 1 unspecified atom stereocenters. The molecule has 0 aliphatic carbocycles. The summed E-state index contributed by atoms with van der Waals surface area (Å²) in [5.41, 5.74) is 0.225. The number of hydrogen-bond donors (Lipinski definition) is 1. The number of nitrogens with zero attached hydrogens (tertiary/aromatic N) is 1. The van der Waals surface area contributed by atoms with Crippen LogP contribution < -0.4 is 4.31 Å². The Morgan fingerprint density at radius 3 is 2.13 bits per heavy atom. The van der Waals surface area contributed by atoms with Gasteiger partial charge in [-0.3, -0.25) is 4.31 Å². The second-order valence-corrected chi connectivity index (χ2v) is 6.78. The third kappa shape index (κ3) is 3.68. The normalized spacial score (nSPS) is 12.9. The van der Waals surface area contributed by atoms with Crippen molar-refractivity contribution < 1.29 is 22.3 Å². The summed E-state index contributed by atoms with van der Waals surface area (Å²) in [7, 11) is -4.50. The van der Waals surface area contributed by atoms with Gasteiger partial charge in [0.25, 0.3) is 10.0 Å². The maximum Gasteiger partial charge on any atom is 0.270 e. The minimum atomic E-state index is -4.50. The highest BCUT2D eigenvalue weighted by Crippen LogP contribution is 2.27. The van der Waals surface area contributed by atoms with Gasteiger partial charge >= 0.3 is 0 Å². The Labute approximate surface area is 134 Å². The van der Waals surface area contributed by atoms with Crippen LogP contribution in [-0.4, -0.2) is 26.2 Å². The first-order valence-electron chi connectivity index (χ1n) is 7.07. The van der Waals surface area contributed by atoms with Gasteiger partial charge in [-0.05, 0) is 30.7 Å². The van der Waals surface area contributed by atoms with Crippen molar-refractivity contribution in [1.82, 2.24) is 0 Å². The van der Waals surface area contributed by atoms with E-state index in [1.54, 1.807) is 25.1 Å². The SMILES string of the molecule is CCC(O)CN(c1ccccc1)S(=O)(=O)c1c(F)cccc1F. The second kappa shape index (κ2) is 7.06. The Morgan fingerprint density at radius 1 is 1.04 bits per heavy atom. The highest BCUT2D eigenvalue weighted by atomic mass is 32.2. The van der Waals surface area contributed by atoms with Crippen LogP contribution in [0.5, 0.6) is 0 Å². The van der Waals surface area contributed by atoms with Gasteiger partial charge in [-0.1, -0.05) is 31.2 Å². The van der Waals surface area contributed by atoms with Crippen LogP contribution in [0.15, 0.2) is 53.4 Å². The number of para-hydroxylation sites is 1. The van der Waals surface area contributed by atoms with Gasteiger partial charge in [0, 0.05) is 0 Å². The minimum absolute atomic E-state index is 0.225. The molecule has 2 aromatic carbocycles. The van der Waals surface area contributed by atoms with Gasteiger partial charge in [-0.25, -0.2) is 17.2 Å². The Balaban J connectivity index is 2.58. The summed E-state index contributed by atoms with van der Waals surface area (Å²) in [4.78, 5) is -1.02. The van der Waals surface area contributed by atoms with E-state index in [4.69, 9.17) is 0 Å². The van der Waals surface area contributed by atoms with E-state index in [0.717, 1.165) is 22.5 Å². The first-order chi connectivity index (χ1) is 10.9. The summed E-state index contributed by atoms with van der Waals surface area (Å²) >= 11 is 0. The summed E-state index contributed by atoms with van der Waals surface area (Å²) < 4.78 is 54.2. The van der Waals surface area contributed by atoms with Gasteiger partial charge in [-0.2, -0.15) is 0 Å². The van der Waals surface area contributed by atoms with Crippen LogP contribution in [0.2, 0.25) is 0 Å². The van der Waals surface area contributed by atoms with Crippen molar-refractivity contribution in [3.8, 4) is 0 Å². The van der Waals surface area contributed by atoms with Gasteiger partial charge in [0.15, 0.2) is 4.90 Å². The predicted octanol–water partition coefficient (Wildman–Crippen LogP) is 2.93. The number of halogens is 2. The van der Waals surface area contributed by atoms with Crippen molar-refractivity contribution in [2.45, 2.75) is 24.3 Å². The minimum Gasteiger partial charge on any atom is -0.391 e. The van der Waals surface area contributed by atoms with Crippen LogP contribution in [0.25, 0.3) is 0 Å². The lowest BCUT2D eigenvalue weighted by Gasteiger charge is -2.26. The van der Waals surface area contributed by atoms with Crippen LogP contribution in [0.4, 0.5) is 14.5 Å². The molecule has 0 saturated carbocycles. The van der Waals surface area contributed by atoms with Crippen molar-refractivity contribution in [3.05, 3.63) is 60.2 Å². The molecule has 0 spiro atoms. The molecule has 1 N–H and O–H groups in total. The largest absolute Gasteiger partial charge is 0.391 e. The third-order valence-electron chi connectivity index (χ3n) is 3.36. The number of aliphatic hydroxyl groups excluding tert-OH is 1. The average Bonchev–Trinajstić information content (AvgIpc) is 2.52. The van der Waals surface area contributed by atoms with E-state index in [1.165, 1.54) is 12.1 Å². The van der Waals surface area contributed by atoms with Crippen LogP contribution in [0, 0.1) is 11.6 Å². The van der Waals surface area contributed by atoms with Gasteiger partial charge < -0.3 is 5.11 Å². The topological polar surface area (TPSA) is 57.6 Å². The Morgan fingerprint density at radius 2 is 1.61 bits per heavy atom. The molecule has 4 nitrogen and oxygen atoms in total. The van der Waals surface area contributed by atoms with E-state index in [1.807, 2.05) is 0 Å². The van der Waals surface area contributed by atoms with Crippen LogP contribution in [0.3, 0.4) is 0 Å². The molecule has 0 aromatic heterocycles. The number of rotatable bonds is 6. The lowest BCUT2D eigenvalue weighted by molar-refractivity contribution is 0.179. The predicted molar refractivity (Wildman–Crippen MR) is 83.6 cm³/mol. The maximum atomic E-state index is 13.9. The van der Waals surface area contributed by atoms with Crippen molar-refractivity contribution in [3.63, 3.8) is 0 Å². The van der Waals surface area contributed by atoms with E-state index in [9.17, 15) is 22.3 Å². The Hall–Kier alpha value is -1.99. The number of aliphatic hydroxyl groups is 1. The second-order valence-electron chi connectivity index (χ2n) is 4.98. The monoisotopic (exact) mass is 341 g/mol. The number of benzene rings is 2. The van der Waals surface area contributed by atoms with E-state index < -0.39 is 32.7 Å². The van der Waals surface area contributed by atoms with Crippen LogP contribution in [-0.2, 0) is 10.0 Å². The highest BCUT2D eigenvalue weighted by Gasteiger charge is 2.32. The van der Waals surface area contributed by atoms with E-state index >= 15 is 0 Å². The Kier molecular flexibility index (Phi) is 5.33. The third-order valence-corrected chi connectivity index (χ3v) is 5.21. The summed E-state index contributed by atoms with van der Waals surface area (Å²) in [6, 6.07) is 10.8. The first kappa shape index (κ1) is 17.4. The Bertz CT molecular complexity index is 746. The molecule has 23 heavy (non-hydrogen) atoms. The van der Waals surface area contributed by atoms with Crippen molar-refractivity contribution >= 4 is 15.7 Å². The van der Waals surface area contributed by atoms with Gasteiger partial charge in [-0.15, -0.1) is 0 Å². The molecule has 124 valence electrons. The average molecular weight is 341 g/mol. The molecule has 0 saturated heterocycles. The van der Waals surface area contributed by atoms with Gasteiger partial charge in [0.1, 0.15) is 11.6 Å². The zero-order valence-electron chi connectivity index (χ0n) is 12.5. The molecule has 7 heteroatoms. The van der Waals surface area contributed by atoms with Crippen LogP contribution in [0.1, 0.15) is 13.3 Å². The molecular formula is C16H17F2NO3S. The first-order valence-corrected chi connectivity index (χ1v) is 8.51. The quantitative estimate of drug-likeness (QED) is 0.879. The molecule has 0 bridgehead atoms. The molecule has 1 atom stereocenters. The van der Waals surface area contributed by atoms with Crippen molar-refractivity contribution in [2.75, 3.05) is 10.8 Å². The fourth-order valence-corrected chi connectivity index (χ4v) is 3.71. The molecule has 0 amide bonds. The van der Waals surface area contributed by atoms with Crippen LogP contribution >= 0.6 is 0 Å². The lowest BCUT2D eigenvalue weighted by atomic mass is 10.2. The van der Waals surface area contributed by atoms with E-state index in [-0.39, 0.29) is 12.2 Å². The molecule has 0 aliphatic rings. The number of anilines is 1. The molecule has 0 aliphatic heterocycles. The van der Waals surface area contributed by atoms with E-state index in [2.05, 4.69) is 0 Å². The number of hydrogen-bond acceptors (Lipinski definition) is 3. The summed E-state index contributed by atoms with van der Waals surface area (Å²) in [6.07, 6.45) is -0.654. The molecular weight excluding hydrogens is 324 g/mol. The van der Waals surface area contributed by atoms with Crippen molar-refractivity contribution in [1.29, 1.82) is 0 Å². The highest BCUT2D eigenvalue weighted by molar-refractivity contribution is 7.92. The maximum absolute atomic E-state index is 13.9. The molecule has 2 aromatic rings. The smallest absolute Gasteiger partial charge is 0.270 e. The fourth-order valence-electron chi connectivity index (χ4n) is 2.10. The molecule has 0 fully saturated rings. The van der Waals surface area contributed by atoms with Crippen molar-refractivity contribution in [2.24, 2.45) is 0 Å². The van der Waals surface area contributed by atoms with E-state index in [0.29, 0.717) is 6.42 Å². The molecule has 0 heterocycles. The summed E-state index contributed by atoms with van der Waals surface area (Å²) in [5, 5.41) is 9.84. The fraction of sp³-hybridized carbons (Fsp3) is 0.250. The zero-order chi connectivity index (χ0) is 17.0. The zero-order valence-corrected chi connectivity index (χ0v) is 13.3.